The monoisotopic (exact) mass is 502 g/mol. The lowest BCUT2D eigenvalue weighted by atomic mass is 9.96. The number of methoxy groups -OCH3 is 4. The summed E-state index contributed by atoms with van der Waals surface area (Å²) in [5.41, 5.74) is 0.918. The molecule has 2 aliphatic rings. The minimum Gasteiger partial charge on any atom is -0.479 e. The number of carboxylic acids is 1. The van der Waals surface area contributed by atoms with Crippen LogP contribution in [-0.2, 0) is 49.3 Å². The van der Waals surface area contributed by atoms with Gasteiger partial charge in [0.1, 0.15) is 42.7 Å². The van der Waals surface area contributed by atoms with Crippen molar-refractivity contribution in [3.63, 3.8) is 0 Å². The van der Waals surface area contributed by atoms with Crippen LogP contribution in [0.15, 0.2) is 30.3 Å². The minimum atomic E-state index is -1.68. The molecule has 12 nitrogen and oxygen atoms in total. The van der Waals surface area contributed by atoms with E-state index in [0.29, 0.717) is 0 Å². The van der Waals surface area contributed by atoms with Crippen LogP contribution in [0.4, 0.5) is 0 Å². The number of carboxylic acid groups (broad SMARTS) is 1. The summed E-state index contributed by atoms with van der Waals surface area (Å²) in [5, 5.41) is 30.5. The summed E-state index contributed by atoms with van der Waals surface area (Å²) in [4.78, 5) is 11.6. The summed E-state index contributed by atoms with van der Waals surface area (Å²) in [6.07, 6.45) is -11.6. The maximum Gasteiger partial charge on any atom is 0.335 e. The minimum absolute atomic E-state index is 0.0668. The zero-order valence-electron chi connectivity index (χ0n) is 20.1. The predicted molar refractivity (Wildman–Crippen MR) is 117 cm³/mol. The molecule has 1 aromatic carbocycles. The van der Waals surface area contributed by atoms with Gasteiger partial charge in [-0.3, -0.25) is 0 Å². The molecule has 3 N–H and O–H groups in total. The third-order valence-electron chi connectivity index (χ3n) is 6.06. The molecule has 0 bridgehead atoms. The molecule has 2 saturated heterocycles. The summed E-state index contributed by atoms with van der Waals surface area (Å²) in [5.74, 6) is -1.43. The van der Waals surface area contributed by atoms with E-state index in [1.54, 1.807) is 0 Å². The largest absolute Gasteiger partial charge is 0.479 e. The highest BCUT2D eigenvalue weighted by Crippen LogP contribution is 2.33. The molecule has 0 spiro atoms. The Balaban J connectivity index is 1.85. The Hall–Kier alpha value is -1.71. The first-order valence-electron chi connectivity index (χ1n) is 11.1. The average Bonchev–Trinajstić information content (AvgIpc) is 2.85. The van der Waals surface area contributed by atoms with Crippen LogP contribution in [0, 0.1) is 0 Å². The van der Waals surface area contributed by atoms with Crippen LogP contribution in [0.5, 0.6) is 0 Å². The van der Waals surface area contributed by atoms with E-state index in [2.05, 4.69) is 0 Å². The van der Waals surface area contributed by atoms with Crippen molar-refractivity contribution in [2.75, 3.05) is 35.0 Å². The van der Waals surface area contributed by atoms with Gasteiger partial charge in [-0.1, -0.05) is 30.3 Å². The highest BCUT2D eigenvalue weighted by atomic mass is 16.8. The maximum absolute atomic E-state index is 11.6. The standard InChI is InChI=1S/C23H34O12/c1-28-11-13-16(34-22-15(25)17(29-2)14(24)18(35-22)21(26)27)19(30-3)20(23(31-4)33-13)32-10-12-8-6-5-7-9-12/h5-9,13-20,22-25H,10-11H2,1-4H3,(H,26,27)/t13?,14-,15?,16+,17?,18+,19-,20?,22-,23-/m0/s1. The number of hydrogen-bond donors (Lipinski definition) is 3. The summed E-state index contributed by atoms with van der Waals surface area (Å²) >= 11 is 0. The van der Waals surface area contributed by atoms with E-state index in [1.165, 1.54) is 28.4 Å². The second-order valence-corrected chi connectivity index (χ2v) is 8.24. The van der Waals surface area contributed by atoms with Gasteiger partial charge in [0.05, 0.1) is 13.2 Å². The van der Waals surface area contributed by atoms with Gasteiger partial charge in [-0.05, 0) is 5.56 Å². The Morgan fingerprint density at radius 3 is 2.11 bits per heavy atom. The molecule has 4 unspecified atom stereocenters. The smallest absolute Gasteiger partial charge is 0.335 e. The van der Waals surface area contributed by atoms with Crippen LogP contribution in [-0.4, -0.2) is 118 Å². The highest BCUT2D eigenvalue weighted by Gasteiger charge is 2.53. The van der Waals surface area contributed by atoms with Crippen molar-refractivity contribution in [1.29, 1.82) is 0 Å². The average molecular weight is 503 g/mol. The number of rotatable bonds is 11. The Morgan fingerprint density at radius 2 is 1.54 bits per heavy atom. The highest BCUT2D eigenvalue weighted by molar-refractivity contribution is 5.73. The summed E-state index contributed by atoms with van der Waals surface area (Å²) in [6, 6.07) is 9.48. The zero-order chi connectivity index (χ0) is 25.5. The van der Waals surface area contributed by atoms with E-state index < -0.39 is 67.4 Å². The van der Waals surface area contributed by atoms with Gasteiger partial charge in [0.15, 0.2) is 18.7 Å². The van der Waals surface area contributed by atoms with E-state index in [4.69, 9.17) is 37.9 Å². The van der Waals surface area contributed by atoms with Gasteiger partial charge in [0.2, 0.25) is 0 Å². The van der Waals surface area contributed by atoms with E-state index in [1.807, 2.05) is 30.3 Å². The number of carbonyl (C=O) groups is 1. The fraction of sp³-hybridized carbons (Fsp3) is 0.696. The van der Waals surface area contributed by atoms with Crippen LogP contribution >= 0.6 is 0 Å². The lowest BCUT2D eigenvalue weighted by molar-refractivity contribution is -0.361. The molecule has 2 aliphatic heterocycles. The van der Waals surface area contributed by atoms with Crippen molar-refractivity contribution in [3.8, 4) is 0 Å². The number of ether oxygens (including phenoxy) is 8. The molecular weight excluding hydrogens is 468 g/mol. The Bertz CT molecular complexity index is 779. The first-order valence-corrected chi connectivity index (χ1v) is 11.1. The fourth-order valence-corrected chi connectivity index (χ4v) is 4.33. The van der Waals surface area contributed by atoms with Gasteiger partial charge in [0.25, 0.3) is 0 Å². The molecule has 0 aromatic heterocycles. The molecule has 0 amide bonds. The van der Waals surface area contributed by atoms with Gasteiger partial charge in [-0.2, -0.15) is 0 Å². The SMILES string of the molecule is COCC1O[C@H](OC)C(OCc2ccccc2)[C@@H](OC)[C@@H]1O[C@H]1O[C@@H](C(=O)O)[C@@H](O)C(OC)C1O. The molecule has 1 aromatic rings. The Kier molecular flexibility index (Phi) is 10.4. The molecule has 3 rings (SSSR count). The Labute approximate surface area is 203 Å². The van der Waals surface area contributed by atoms with E-state index in [0.717, 1.165) is 5.56 Å². The van der Waals surface area contributed by atoms with Crippen molar-refractivity contribution < 1.29 is 58.0 Å². The van der Waals surface area contributed by atoms with Gasteiger partial charge in [-0.25, -0.2) is 4.79 Å². The van der Waals surface area contributed by atoms with E-state index in [9.17, 15) is 20.1 Å². The first kappa shape index (κ1) is 27.9. The number of hydrogen-bond acceptors (Lipinski definition) is 11. The Morgan fingerprint density at radius 1 is 0.857 bits per heavy atom. The molecule has 2 fully saturated rings. The third-order valence-corrected chi connectivity index (χ3v) is 6.06. The van der Waals surface area contributed by atoms with Gasteiger partial charge in [0, 0.05) is 28.4 Å². The number of aliphatic hydroxyl groups is 2. The lowest BCUT2D eigenvalue weighted by Gasteiger charge is -2.47. The van der Waals surface area contributed by atoms with Crippen molar-refractivity contribution in [2.24, 2.45) is 0 Å². The van der Waals surface area contributed by atoms with Crippen LogP contribution in [0.25, 0.3) is 0 Å². The maximum atomic E-state index is 11.6. The predicted octanol–water partition coefficient (Wildman–Crippen LogP) is -0.464. The molecule has 12 heteroatoms. The summed E-state index contributed by atoms with van der Waals surface area (Å²) in [6.45, 7) is 0.301. The molecule has 2 heterocycles. The molecular formula is C23H34O12. The molecule has 0 saturated carbocycles. The molecule has 198 valence electrons. The topological polar surface area (TPSA) is 152 Å². The van der Waals surface area contributed by atoms with Crippen molar-refractivity contribution >= 4 is 5.97 Å². The molecule has 10 atom stereocenters. The quantitative estimate of drug-likeness (QED) is 0.359. The van der Waals surface area contributed by atoms with Gasteiger partial charge < -0.3 is 53.2 Å². The van der Waals surface area contributed by atoms with Crippen molar-refractivity contribution in [3.05, 3.63) is 35.9 Å². The number of aliphatic hydroxyl groups excluding tert-OH is 2. The second kappa shape index (κ2) is 13.0. The van der Waals surface area contributed by atoms with E-state index >= 15 is 0 Å². The second-order valence-electron chi connectivity index (χ2n) is 8.24. The van der Waals surface area contributed by atoms with Crippen molar-refractivity contribution in [1.82, 2.24) is 0 Å². The first-order chi connectivity index (χ1) is 16.9. The van der Waals surface area contributed by atoms with Crippen LogP contribution < -0.4 is 0 Å². The molecule has 35 heavy (non-hydrogen) atoms. The van der Waals surface area contributed by atoms with Gasteiger partial charge >= 0.3 is 5.97 Å². The summed E-state index contributed by atoms with van der Waals surface area (Å²) in [7, 11) is 5.65. The third kappa shape index (κ3) is 6.35. The number of benzene rings is 1. The molecule has 0 radical (unpaired) electrons. The molecule has 0 aliphatic carbocycles. The van der Waals surface area contributed by atoms with Gasteiger partial charge in [-0.15, -0.1) is 0 Å². The fourth-order valence-electron chi connectivity index (χ4n) is 4.33. The van der Waals surface area contributed by atoms with Crippen molar-refractivity contribution in [2.45, 2.75) is 68.0 Å². The van der Waals surface area contributed by atoms with Crippen LogP contribution in [0.1, 0.15) is 5.56 Å². The zero-order valence-corrected chi connectivity index (χ0v) is 20.1. The lowest BCUT2D eigenvalue weighted by Crippen LogP contribution is -2.66. The number of aliphatic carboxylic acids is 1. The normalized spacial score (nSPS) is 37.8. The van der Waals surface area contributed by atoms with Crippen LogP contribution in [0.2, 0.25) is 0 Å². The van der Waals surface area contributed by atoms with Crippen LogP contribution in [0.3, 0.4) is 0 Å². The van der Waals surface area contributed by atoms with E-state index in [-0.39, 0.29) is 13.2 Å². The summed E-state index contributed by atoms with van der Waals surface area (Å²) < 4.78 is 45.3.